The Labute approximate surface area is 342 Å². The van der Waals surface area contributed by atoms with E-state index in [4.69, 9.17) is 14.2 Å². The minimum atomic E-state index is -0.817. The molecule has 0 radical (unpaired) electrons. The zero-order valence-corrected chi connectivity index (χ0v) is 35.6. The summed E-state index contributed by atoms with van der Waals surface area (Å²) in [5.41, 5.74) is 0. The molecule has 0 aliphatic heterocycles. The maximum absolute atomic E-state index is 12.7. The highest BCUT2D eigenvalue weighted by molar-refractivity contribution is 5.71. The maximum atomic E-state index is 12.7. The first-order chi connectivity index (χ1) is 27.5. The molecule has 0 aromatic heterocycles. The number of allylic oxidation sites excluding steroid dienone is 18. The van der Waals surface area contributed by atoms with Crippen molar-refractivity contribution in [3.63, 3.8) is 0 Å². The van der Waals surface area contributed by atoms with Crippen LogP contribution in [0.1, 0.15) is 168 Å². The molecule has 0 rings (SSSR count). The number of carbonyl (C=O) groups excluding carboxylic acids is 3. The van der Waals surface area contributed by atoms with Crippen molar-refractivity contribution in [3.8, 4) is 0 Å². The summed E-state index contributed by atoms with van der Waals surface area (Å²) in [6.45, 7) is 6.22. The number of hydrogen-bond acceptors (Lipinski definition) is 6. The van der Waals surface area contributed by atoms with Crippen LogP contribution in [0.2, 0.25) is 0 Å². The Hall–Kier alpha value is -3.93. The van der Waals surface area contributed by atoms with Crippen molar-refractivity contribution in [2.24, 2.45) is 0 Å². The fourth-order valence-corrected chi connectivity index (χ4v) is 5.36. The van der Waals surface area contributed by atoms with Crippen molar-refractivity contribution in [3.05, 3.63) is 109 Å². The molecule has 6 heteroatoms. The molecule has 0 fully saturated rings. The smallest absolute Gasteiger partial charge is 0.306 e. The number of rotatable bonds is 37. The number of hydrogen-bond donors (Lipinski definition) is 0. The third kappa shape index (κ3) is 41.2. The normalized spacial score (nSPS) is 13.1. The molecule has 0 spiro atoms. The van der Waals surface area contributed by atoms with E-state index in [1.54, 1.807) is 0 Å². The molecule has 0 aromatic carbocycles. The number of esters is 3. The molecule has 6 nitrogen and oxygen atoms in total. The molecule has 0 N–H and O–H groups in total. The highest BCUT2D eigenvalue weighted by Crippen LogP contribution is 2.11. The molecule has 0 aromatic rings. The molecule has 0 heterocycles. The predicted octanol–water partition coefficient (Wildman–Crippen LogP) is 14.0. The summed E-state index contributed by atoms with van der Waals surface area (Å²) in [6, 6.07) is 0. The molecule has 0 aliphatic carbocycles. The SMILES string of the molecule is CC\C=C/C=C\C=C/C=C\C=C/CCCCCC(=O)OCC(COC(=O)CCC/C=C\CCCCCC)OC(=O)CCCCCC/C=C\C/C=C\C/C=C\CC. The van der Waals surface area contributed by atoms with Crippen molar-refractivity contribution < 1.29 is 28.6 Å². The van der Waals surface area contributed by atoms with Gasteiger partial charge in [-0.2, -0.15) is 0 Å². The van der Waals surface area contributed by atoms with E-state index >= 15 is 0 Å². The van der Waals surface area contributed by atoms with Crippen LogP contribution in [0.25, 0.3) is 0 Å². The van der Waals surface area contributed by atoms with Gasteiger partial charge in [-0.1, -0.05) is 169 Å². The van der Waals surface area contributed by atoms with Crippen molar-refractivity contribution in [1.82, 2.24) is 0 Å². The zero-order valence-electron chi connectivity index (χ0n) is 35.6. The minimum absolute atomic E-state index is 0.119. The van der Waals surface area contributed by atoms with Crippen LogP contribution in [0.15, 0.2) is 109 Å². The van der Waals surface area contributed by atoms with Gasteiger partial charge in [0.05, 0.1) is 0 Å². The number of carbonyl (C=O) groups is 3. The predicted molar refractivity (Wildman–Crippen MR) is 237 cm³/mol. The van der Waals surface area contributed by atoms with Gasteiger partial charge in [-0.3, -0.25) is 14.4 Å². The molecule has 0 saturated heterocycles. The first kappa shape index (κ1) is 52.1. The topological polar surface area (TPSA) is 78.9 Å². The van der Waals surface area contributed by atoms with E-state index in [-0.39, 0.29) is 37.5 Å². The molecule has 0 saturated carbocycles. The lowest BCUT2D eigenvalue weighted by atomic mass is 10.1. The van der Waals surface area contributed by atoms with E-state index in [1.165, 1.54) is 25.7 Å². The van der Waals surface area contributed by atoms with Crippen molar-refractivity contribution in [1.29, 1.82) is 0 Å². The lowest BCUT2D eigenvalue weighted by Crippen LogP contribution is -2.30. The van der Waals surface area contributed by atoms with Crippen LogP contribution in [0.4, 0.5) is 0 Å². The van der Waals surface area contributed by atoms with Gasteiger partial charge >= 0.3 is 17.9 Å². The van der Waals surface area contributed by atoms with Crippen LogP contribution in [0, 0.1) is 0 Å². The molecule has 0 bridgehead atoms. The van der Waals surface area contributed by atoms with Gasteiger partial charge in [0.25, 0.3) is 0 Å². The van der Waals surface area contributed by atoms with Crippen LogP contribution in [-0.4, -0.2) is 37.2 Å². The summed E-state index contributed by atoms with van der Waals surface area (Å²) in [5.74, 6) is -1.03. The molecule has 56 heavy (non-hydrogen) atoms. The van der Waals surface area contributed by atoms with Gasteiger partial charge < -0.3 is 14.2 Å². The highest BCUT2D eigenvalue weighted by atomic mass is 16.6. The molecule has 0 aliphatic rings. The Morgan fingerprint density at radius 2 is 0.804 bits per heavy atom. The zero-order chi connectivity index (χ0) is 40.8. The fourth-order valence-electron chi connectivity index (χ4n) is 5.36. The first-order valence-corrected chi connectivity index (χ1v) is 22.0. The molecule has 314 valence electrons. The van der Waals surface area contributed by atoms with Crippen molar-refractivity contribution in [2.45, 2.75) is 175 Å². The second-order valence-corrected chi connectivity index (χ2v) is 14.0. The summed E-state index contributed by atoms with van der Waals surface area (Å²) in [5, 5.41) is 0. The van der Waals surface area contributed by atoms with Crippen LogP contribution in [-0.2, 0) is 28.6 Å². The Morgan fingerprint density at radius 3 is 1.39 bits per heavy atom. The summed E-state index contributed by atoms with van der Waals surface area (Å²) in [4.78, 5) is 37.6. The number of unbranched alkanes of at least 4 members (excludes halogenated alkanes) is 12. The Balaban J connectivity index is 4.54. The molecular formula is C50H78O6. The van der Waals surface area contributed by atoms with E-state index in [2.05, 4.69) is 81.5 Å². The van der Waals surface area contributed by atoms with Gasteiger partial charge in [0.1, 0.15) is 13.2 Å². The average Bonchev–Trinajstić information content (AvgIpc) is 3.19. The Morgan fingerprint density at radius 1 is 0.393 bits per heavy atom. The fraction of sp³-hybridized carbons (Fsp3) is 0.580. The summed E-state index contributed by atoms with van der Waals surface area (Å²) in [6.07, 6.45) is 57.9. The summed E-state index contributed by atoms with van der Waals surface area (Å²) in [7, 11) is 0. The Bertz CT molecular complexity index is 1210. The standard InChI is InChI=1S/C50H78O6/c1-4-7-10-13-16-19-21-23-25-27-28-31-34-37-40-43-49(52)55-46-47(45-54-48(51)42-39-36-33-30-18-15-12-9-6-3)56-50(53)44-41-38-35-32-29-26-24-22-20-17-14-11-8-5-2/h7-8,10-11,13,16-17,19-21,23-28,30,33,47H,4-6,9,12,14-15,18,22,29,31-32,34-46H2,1-3H3/b10-7-,11-8-,16-13-,20-17-,21-19-,25-23-,26-24-,28-27-,33-30-. The number of ether oxygens (including phenoxy) is 3. The van der Waals surface area contributed by atoms with Crippen molar-refractivity contribution >= 4 is 17.9 Å². The lowest BCUT2D eigenvalue weighted by Gasteiger charge is -2.18. The largest absolute Gasteiger partial charge is 0.462 e. The third-order valence-electron chi connectivity index (χ3n) is 8.62. The first-order valence-electron chi connectivity index (χ1n) is 22.0. The van der Waals surface area contributed by atoms with Gasteiger partial charge in [0.2, 0.25) is 0 Å². The van der Waals surface area contributed by atoms with Crippen LogP contribution in [0.3, 0.4) is 0 Å². The second kappa shape index (κ2) is 43.8. The molecule has 1 atom stereocenters. The van der Waals surface area contributed by atoms with Gasteiger partial charge in [-0.25, -0.2) is 0 Å². The quantitative estimate of drug-likeness (QED) is 0.0206. The third-order valence-corrected chi connectivity index (χ3v) is 8.62. The highest BCUT2D eigenvalue weighted by Gasteiger charge is 2.19. The minimum Gasteiger partial charge on any atom is -0.462 e. The van der Waals surface area contributed by atoms with Gasteiger partial charge in [0.15, 0.2) is 6.10 Å². The Kier molecular flexibility index (Phi) is 40.7. The van der Waals surface area contributed by atoms with E-state index in [0.29, 0.717) is 19.3 Å². The maximum Gasteiger partial charge on any atom is 0.306 e. The van der Waals surface area contributed by atoms with Gasteiger partial charge in [0, 0.05) is 19.3 Å². The lowest BCUT2D eigenvalue weighted by molar-refractivity contribution is -0.167. The van der Waals surface area contributed by atoms with Gasteiger partial charge in [-0.15, -0.1) is 0 Å². The molecule has 0 amide bonds. The van der Waals surface area contributed by atoms with Crippen LogP contribution in [0.5, 0.6) is 0 Å². The van der Waals surface area contributed by atoms with Crippen LogP contribution < -0.4 is 0 Å². The van der Waals surface area contributed by atoms with E-state index in [1.807, 2.05) is 48.6 Å². The average molecular weight is 775 g/mol. The second-order valence-electron chi connectivity index (χ2n) is 14.0. The summed E-state index contributed by atoms with van der Waals surface area (Å²) >= 11 is 0. The van der Waals surface area contributed by atoms with E-state index in [9.17, 15) is 14.4 Å². The molecule has 1 unspecified atom stereocenters. The van der Waals surface area contributed by atoms with Crippen LogP contribution >= 0.6 is 0 Å². The monoisotopic (exact) mass is 775 g/mol. The van der Waals surface area contributed by atoms with Gasteiger partial charge in [-0.05, 0) is 89.9 Å². The summed E-state index contributed by atoms with van der Waals surface area (Å²) < 4.78 is 16.6. The molecular weight excluding hydrogens is 697 g/mol. The van der Waals surface area contributed by atoms with Crippen molar-refractivity contribution in [2.75, 3.05) is 13.2 Å². The van der Waals surface area contributed by atoms with E-state index in [0.717, 1.165) is 96.3 Å². The van der Waals surface area contributed by atoms with E-state index < -0.39 is 6.10 Å².